The Labute approximate surface area is 197 Å². The zero-order valence-electron chi connectivity index (χ0n) is 17.6. The number of benzene rings is 3. The number of hydrogen-bond acceptors (Lipinski definition) is 5. The molecule has 1 aliphatic heterocycles. The molecule has 1 heterocycles. The Kier molecular flexibility index (Phi) is 7.02. The molecule has 1 saturated heterocycles. The topological polar surface area (TPSA) is 99.8 Å². The lowest BCUT2D eigenvalue weighted by Gasteiger charge is -2.30. The lowest BCUT2D eigenvalue weighted by molar-refractivity contribution is 0.123. The first-order valence-electron chi connectivity index (χ1n) is 10.3. The van der Waals surface area contributed by atoms with E-state index >= 15 is 0 Å². The summed E-state index contributed by atoms with van der Waals surface area (Å²) in [5.74, 6) is 0. The minimum Gasteiger partial charge on any atom is -0.378 e. The van der Waals surface area contributed by atoms with Gasteiger partial charge in [-0.1, -0.05) is 41.9 Å². The second-order valence-corrected chi connectivity index (χ2v) is 9.40. The number of hydrogen-bond donors (Lipinski definition) is 3. The molecule has 2 amide bonds. The lowest BCUT2D eigenvalue weighted by Crippen LogP contribution is -2.37. The zero-order chi connectivity index (χ0) is 23.3. The van der Waals surface area contributed by atoms with Gasteiger partial charge in [0.2, 0.25) is 0 Å². The van der Waals surface area contributed by atoms with Gasteiger partial charge in [-0.25, -0.2) is 13.2 Å². The molecule has 0 saturated carbocycles. The molecular weight excluding hydrogens is 464 g/mol. The van der Waals surface area contributed by atoms with Gasteiger partial charge in [0.15, 0.2) is 0 Å². The van der Waals surface area contributed by atoms with Crippen LogP contribution in [0.3, 0.4) is 0 Å². The van der Waals surface area contributed by atoms with E-state index in [4.69, 9.17) is 16.3 Å². The van der Waals surface area contributed by atoms with Crippen LogP contribution in [0.5, 0.6) is 0 Å². The fraction of sp³-hybridized carbons (Fsp3) is 0.174. The number of halogens is 1. The molecule has 1 aliphatic rings. The van der Waals surface area contributed by atoms with Crippen molar-refractivity contribution in [1.29, 1.82) is 0 Å². The van der Waals surface area contributed by atoms with Crippen molar-refractivity contribution in [2.24, 2.45) is 0 Å². The fourth-order valence-electron chi connectivity index (χ4n) is 3.42. The molecule has 3 aromatic rings. The number of anilines is 4. The maximum Gasteiger partial charge on any atom is 0.323 e. The third-order valence-corrected chi connectivity index (χ3v) is 6.72. The molecule has 3 aromatic carbocycles. The van der Waals surface area contributed by atoms with Crippen molar-refractivity contribution in [2.45, 2.75) is 4.90 Å². The van der Waals surface area contributed by atoms with Crippen LogP contribution in [-0.2, 0) is 14.8 Å². The van der Waals surface area contributed by atoms with Gasteiger partial charge in [0.25, 0.3) is 10.0 Å². The van der Waals surface area contributed by atoms with Crippen LogP contribution in [-0.4, -0.2) is 40.8 Å². The van der Waals surface area contributed by atoms with Gasteiger partial charge in [0, 0.05) is 18.8 Å². The molecule has 0 unspecified atom stereocenters. The molecule has 0 aromatic heterocycles. The van der Waals surface area contributed by atoms with Gasteiger partial charge in [-0.05, 0) is 42.5 Å². The second-order valence-electron chi connectivity index (χ2n) is 7.31. The number of ether oxygens (including phenoxy) is 1. The van der Waals surface area contributed by atoms with E-state index in [0.717, 1.165) is 0 Å². The first kappa shape index (κ1) is 22.9. The molecule has 0 radical (unpaired) electrons. The smallest absolute Gasteiger partial charge is 0.323 e. The number of sulfonamides is 1. The molecule has 8 nitrogen and oxygen atoms in total. The van der Waals surface area contributed by atoms with Crippen molar-refractivity contribution < 1.29 is 17.9 Å². The number of carbonyl (C=O) groups is 1. The molecule has 0 spiro atoms. The van der Waals surface area contributed by atoms with Crippen LogP contribution in [0.25, 0.3) is 0 Å². The summed E-state index contributed by atoms with van der Waals surface area (Å²) in [4.78, 5) is 14.7. The number of urea groups is 1. The Morgan fingerprint density at radius 1 is 0.879 bits per heavy atom. The Bertz CT molecular complexity index is 1230. The van der Waals surface area contributed by atoms with Gasteiger partial charge >= 0.3 is 6.03 Å². The first-order valence-corrected chi connectivity index (χ1v) is 12.2. The summed E-state index contributed by atoms with van der Waals surface area (Å²) in [6.45, 7) is 2.34. The average molecular weight is 487 g/mol. The molecule has 4 rings (SSSR count). The number of morpholine rings is 1. The third-order valence-electron chi connectivity index (χ3n) is 5.03. The summed E-state index contributed by atoms with van der Waals surface area (Å²) in [7, 11) is -3.95. The van der Waals surface area contributed by atoms with Gasteiger partial charge in [-0.15, -0.1) is 0 Å². The number of amides is 2. The highest BCUT2D eigenvalue weighted by atomic mass is 35.5. The van der Waals surface area contributed by atoms with Gasteiger partial charge in [0.1, 0.15) is 0 Å². The molecule has 172 valence electrons. The number of nitrogens with zero attached hydrogens (tertiary/aromatic N) is 1. The third kappa shape index (κ3) is 5.75. The normalized spacial score (nSPS) is 13.9. The molecule has 0 atom stereocenters. The van der Waals surface area contributed by atoms with Crippen LogP contribution in [0.4, 0.5) is 27.5 Å². The Hall–Kier alpha value is -3.27. The van der Waals surface area contributed by atoms with Gasteiger partial charge in [-0.3, -0.25) is 4.72 Å². The monoisotopic (exact) mass is 486 g/mol. The molecule has 0 aliphatic carbocycles. The predicted octanol–water partition coefficient (Wildman–Crippen LogP) is 4.62. The highest BCUT2D eigenvalue weighted by molar-refractivity contribution is 7.92. The minimum absolute atomic E-state index is 0.00515. The van der Waals surface area contributed by atoms with Crippen molar-refractivity contribution >= 4 is 50.4 Å². The summed E-state index contributed by atoms with van der Waals surface area (Å²) in [5.41, 5.74) is 1.96. The minimum atomic E-state index is -3.95. The van der Waals surface area contributed by atoms with E-state index in [1.54, 1.807) is 42.5 Å². The SMILES string of the molecule is O=C(Nc1ccccc1)Nc1cc(S(=O)(=O)Nc2ccccc2Cl)ccc1N1CCOCC1. The van der Waals surface area contributed by atoms with E-state index in [0.29, 0.717) is 43.4 Å². The Morgan fingerprint density at radius 2 is 1.58 bits per heavy atom. The Morgan fingerprint density at radius 3 is 2.30 bits per heavy atom. The largest absolute Gasteiger partial charge is 0.378 e. The molecule has 3 N–H and O–H groups in total. The van der Waals surface area contributed by atoms with Crippen molar-refractivity contribution in [2.75, 3.05) is 46.6 Å². The maximum atomic E-state index is 13.0. The van der Waals surface area contributed by atoms with Crippen LogP contribution < -0.4 is 20.3 Å². The van der Waals surface area contributed by atoms with Crippen LogP contribution in [0.1, 0.15) is 0 Å². The summed E-state index contributed by atoms with van der Waals surface area (Å²) < 4.78 is 34.0. The highest BCUT2D eigenvalue weighted by Gasteiger charge is 2.21. The van der Waals surface area contributed by atoms with E-state index < -0.39 is 16.1 Å². The van der Waals surface area contributed by atoms with E-state index in [9.17, 15) is 13.2 Å². The van der Waals surface area contributed by atoms with Crippen molar-refractivity contribution in [3.8, 4) is 0 Å². The standard InChI is InChI=1S/C23H23ClN4O4S/c24-19-8-4-5-9-20(19)27-33(30,31)18-10-11-22(28-12-14-32-15-13-28)21(16-18)26-23(29)25-17-6-2-1-3-7-17/h1-11,16,27H,12-15H2,(H2,25,26,29). The number of para-hydroxylation sites is 2. The van der Waals surface area contributed by atoms with Gasteiger partial charge < -0.3 is 20.3 Å². The summed E-state index contributed by atoms with van der Waals surface area (Å²) in [6, 6.07) is 19.7. The lowest BCUT2D eigenvalue weighted by atomic mass is 10.2. The first-order chi connectivity index (χ1) is 15.9. The van der Waals surface area contributed by atoms with E-state index in [1.165, 1.54) is 12.1 Å². The molecule has 1 fully saturated rings. The van der Waals surface area contributed by atoms with E-state index in [-0.39, 0.29) is 15.6 Å². The number of rotatable bonds is 6. The average Bonchev–Trinajstić information content (AvgIpc) is 2.81. The summed E-state index contributed by atoms with van der Waals surface area (Å²) in [5, 5.41) is 5.83. The fourth-order valence-corrected chi connectivity index (χ4v) is 4.76. The van der Waals surface area contributed by atoms with Crippen molar-refractivity contribution in [1.82, 2.24) is 0 Å². The number of carbonyl (C=O) groups excluding carboxylic acids is 1. The van der Waals surface area contributed by atoms with Gasteiger partial charge in [-0.2, -0.15) is 0 Å². The van der Waals surface area contributed by atoms with Gasteiger partial charge in [0.05, 0.1) is 40.2 Å². The zero-order valence-corrected chi connectivity index (χ0v) is 19.2. The van der Waals surface area contributed by atoms with Crippen molar-refractivity contribution in [3.63, 3.8) is 0 Å². The van der Waals surface area contributed by atoms with Crippen molar-refractivity contribution in [3.05, 3.63) is 77.8 Å². The quantitative estimate of drug-likeness (QED) is 0.472. The predicted molar refractivity (Wildman–Crippen MR) is 131 cm³/mol. The van der Waals surface area contributed by atoms with E-state index in [2.05, 4.69) is 15.4 Å². The summed E-state index contributed by atoms with van der Waals surface area (Å²) in [6.07, 6.45) is 0. The number of nitrogens with one attached hydrogen (secondary N) is 3. The van der Waals surface area contributed by atoms with E-state index in [1.807, 2.05) is 23.1 Å². The molecule has 10 heteroatoms. The molecular formula is C23H23ClN4O4S. The van der Waals surface area contributed by atoms with Crippen LogP contribution in [0.15, 0.2) is 77.7 Å². The van der Waals surface area contributed by atoms with Crippen LogP contribution >= 0.6 is 11.6 Å². The maximum absolute atomic E-state index is 13.0. The highest BCUT2D eigenvalue weighted by Crippen LogP contribution is 2.31. The Balaban J connectivity index is 1.63. The van der Waals surface area contributed by atoms with Crippen LogP contribution in [0, 0.1) is 0 Å². The van der Waals surface area contributed by atoms with Crippen LogP contribution in [0.2, 0.25) is 5.02 Å². The molecule has 0 bridgehead atoms. The summed E-state index contributed by atoms with van der Waals surface area (Å²) >= 11 is 6.11. The molecule has 33 heavy (non-hydrogen) atoms. The second kappa shape index (κ2) is 10.1.